The first-order chi connectivity index (χ1) is 13.9. The zero-order valence-corrected chi connectivity index (χ0v) is 17.0. The lowest BCUT2D eigenvalue weighted by Gasteiger charge is -2.41. The Morgan fingerprint density at radius 2 is 2.00 bits per heavy atom. The Labute approximate surface area is 170 Å². The second-order valence-corrected chi connectivity index (χ2v) is 7.94. The number of urea groups is 1. The molecule has 152 valence electrons. The quantitative estimate of drug-likeness (QED) is 0.863. The van der Waals surface area contributed by atoms with E-state index in [-0.39, 0.29) is 23.9 Å². The summed E-state index contributed by atoms with van der Waals surface area (Å²) in [5.41, 5.74) is 4.36. The molecular weight excluding hydrogens is 369 g/mol. The molecule has 29 heavy (non-hydrogen) atoms. The fourth-order valence-electron chi connectivity index (χ4n) is 4.08. The van der Waals surface area contributed by atoms with Gasteiger partial charge in [0.25, 0.3) is 0 Å². The lowest BCUT2D eigenvalue weighted by atomic mass is 10.1. The van der Waals surface area contributed by atoms with Crippen molar-refractivity contribution in [2.75, 3.05) is 24.5 Å². The molecular formula is C22H26FN5O. The average molecular weight is 395 g/mol. The molecule has 1 fully saturated rings. The summed E-state index contributed by atoms with van der Waals surface area (Å²) >= 11 is 0. The highest BCUT2D eigenvalue weighted by Gasteiger charge is 2.30. The molecule has 6 nitrogen and oxygen atoms in total. The summed E-state index contributed by atoms with van der Waals surface area (Å²) in [5.74, 6) is 0.678. The number of benzene rings is 1. The number of halogens is 1. The summed E-state index contributed by atoms with van der Waals surface area (Å²) in [6.07, 6.45) is 4.68. The maximum absolute atomic E-state index is 13.1. The van der Waals surface area contributed by atoms with Crippen molar-refractivity contribution in [2.45, 2.75) is 39.3 Å². The molecule has 2 aromatic rings. The van der Waals surface area contributed by atoms with Crippen molar-refractivity contribution >= 4 is 17.9 Å². The van der Waals surface area contributed by atoms with Crippen LogP contribution in [0.3, 0.4) is 0 Å². The number of anilines is 1. The standard InChI is InChI=1S/C22H26FN5O/c1-14-10-19-20(11-14)24-13-25-21(19)27-8-9-28(15(2)12-27)22(29)26-16(3)17-4-6-18(23)7-5-17/h4-7,10,13,15-16H,8-9,11-12H2,1-3H3,(H,26,29)/t15-,16+/m1/s1. The fourth-order valence-corrected chi connectivity index (χ4v) is 4.08. The lowest BCUT2D eigenvalue weighted by molar-refractivity contribution is 0.168. The maximum atomic E-state index is 13.1. The molecule has 2 atom stereocenters. The normalized spacial score (nSPS) is 19.6. The number of nitrogens with zero attached hydrogens (tertiary/aromatic N) is 4. The Balaban J connectivity index is 1.41. The summed E-state index contributed by atoms with van der Waals surface area (Å²) in [6, 6.07) is 5.98. The van der Waals surface area contributed by atoms with E-state index in [1.54, 1.807) is 18.5 Å². The van der Waals surface area contributed by atoms with Gasteiger partial charge in [0.15, 0.2) is 0 Å². The van der Waals surface area contributed by atoms with Crippen LogP contribution in [0, 0.1) is 5.82 Å². The van der Waals surface area contributed by atoms with Crippen LogP contribution in [0.2, 0.25) is 0 Å². The van der Waals surface area contributed by atoms with Crippen molar-refractivity contribution in [2.24, 2.45) is 0 Å². The Bertz CT molecular complexity index is 943. The SMILES string of the molecule is CC1=Cc2c(ncnc2N2CCN(C(=O)N[C@@H](C)c3ccc(F)cc3)[C@H](C)C2)C1. The summed E-state index contributed by atoms with van der Waals surface area (Å²) in [4.78, 5) is 25.9. The monoisotopic (exact) mass is 395 g/mol. The number of carbonyl (C=O) groups excluding carboxylic acids is 1. The Morgan fingerprint density at radius 1 is 1.24 bits per heavy atom. The third-order valence-corrected chi connectivity index (χ3v) is 5.68. The van der Waals surface area contributed by atoms with Crippen molar-refractivity contribution in [3.05, 3.63) is 58.8 Å². The number of nitrogens with one attached hydrogen (secondary N) is 1. The molecule has 1 aliphatic heterocycles. The van der Waals surface area contributed by atoms with Gasteiger partial charge in [-0.15, -0.1) is 0 Å². The van der Waals surface area contributed by atoms with Crippen LogP contribution >= 0.6 is 0 Å². The molecule has 0 radical (unpaired) electrons. The van der Waals surface area contributed by atoms with Gasteiger partial charge in [-0.25, -0.2) is 19.2 Å². The van der Waals surface area contributed by atoms with E-state index in [4.69, 9.17) is 0 Å². The third-order valence-electron chi connectivity index (χ3n) is 5.68. The van der Waals surface area contributed by atoms with E-state index in [2.05, 4.69) is 40.1 Å². The number of piperazine rings is 1. The number of hydrogen-bond donors (Lipinski definition) is 1. The highest BCUT2D eigenvalue weighted by atomic mass is 19.1. The molecule has 1 N–H and O–H groups in total. The summed E-state index contributed by atoms with van der Waals surface area (Å²) in [6.45, 7) is 8.12. The average Bonchev–Trinajstić information content (AvgIpc) is 3.08. The van der Waals surface area contributed by atoms with Gasteiger partial charge in [0, 0.05) is 37.7 Å². The Kier molecular flexibility index (Phi) is 5.22. The fraction of sp³-hybridized carbons (Fsp3) is 0.409. The summed E-state index contributed by atoms with van der Waals surface area (Å²) in [7, 11) is 0. The van der Waals surface area contributed by atoms with Gasteiger partial charge in [-0.05, 0) is 38.5 Å². The zero-order chi connectivity index (χ0) is 20.5. The van der Waals surface area contributed by atoms with Gasteiger partial charge in [0.1, 0.15) is 18.0 Å². The molecule has 1 saturated heterocycles. The minimum Gasteiger partial charge on any atom is -0.352 e. The molecule has 0 saturated carbocycles. The van der Waals surface area contributed by atoms with Gasteiger partial charge >= 0.3 is 6.03 Å². The van der Waals surface area contributed by atoms with E-state index in [0.29, 0.717) is 13.1 Å². The molecule has 1 aromatic heterocycles. The first-order valence-electron chi connectivity index (χ1n) is 10.0. The van der Waals surface area contributed by atoms with Gasteiger partial charge in [-0.1, -0.05) is 23.8 Å². The number of hydrogen-bond acceptors (Lipinski definition) is 4. The van der Waals surface area contributed by atoms with Gasteiger partial charge in [-0.3, -0.25) is 0 Å². The van der Waals surface area contributed by atoms with Gasteiger partial charge < -0.3 is 15.1 Å². The summed E-state index contributed by atoms with van der Waals surface area (Å²) < 4.78 is 13.1. The van der Waals surface area contributed by atoms with Crippen molar-refractivity contribution < 1.29 is 9.18 Å². The topological polar surface area (TPSA) is 61.4 Å². The van der Waals surface area contributed by atoms with E-state index >= 15 is 0 Å². The first-order valence-corrected chi connectivity index (χ1v) is 10.0. The number of carbonyl (C=O) groups is 1. The smallest absolute Gasteiger partial charge is 0.318 e. The number of fused-ring (bicyclic) bond motifs is 1. The largest absolute Gasteiger partial charge is 0.352 e. The van der Waals surface area contributed by atoms with Crippen LogP contribution < -0.4 is 10.2 Å². The number of allylic oxidation sites excluding steroid dienone is 1. The molecule has 7 heteroatoms. The maximum Gasteiger partial charge on any atom is 0.318 e. The van der Waals surface area contributed by atoms with Gasteiger partial charge in [-0.2, -0.15) is 0 Å². The van der Waals surface area contributed by atoms with Gasteiger partial charge in [0.2, 0.25) is 0 Å². The van der Waals surface area contributed by atoms with Crippen LogP contribution in [0.4, 0.5) is 15.0 Å². The predicted molar refractivity (Wildman–Crippen MR) is 111 cm³/mol. The molecule has 1 aliphatic carbocycles. The van der Waals surface area contributed by atoms with Crippen LogP contribution in [-0.2, 0) is 6.42 Å². The van der Waals surface area contributed by atoms with Crippen LogP contribution in [0.5, 0.6) is 0 Å². The first kappa shape index (κ1) is 19.4. The number of amides is 2. The van der Waals surface area contributed by atoms with Crippen molar-refractivity contribution in [3.63, 3.8) is 0 Å². The highest BCUT2D eigenvalue weighted by Crippen LogP contribution is 2.31. The molecule has 4 rings (SSSR count). The van der Waals surface area contributed by atoms with Crippen molar-refractivity contribution in [3.8, 4) is 0 Å². The van der Waals surface area contributed by atoms with Crippen molar-refractivity contribution in [1.29, 1.82) is 0 Å². The molecule has 0 bridgehead atoms. The van der Waals surface area contributed by atoms with Crippen LogP contribution in [0.15, 0.2) is 36.2 Å². The minimum absolute atomic E-state index is 0.0428. The van der Waals surface area contributed by atoms with Gasteiger partial charge in [0.05, 0.1) is 11.7 Å². The third kappa shape index (κ3) is 3.95. The zero-order valence-electron chi connectivity index (χ0n) is 17.0. The molecule has 0 unspecified atom stereocenters. The number of aromatic nitrogens is 2. The minimum atomic E-state index is -0.279. The second kappa shape index (κ2) is 7.81. The van der Waals surface area contributed by atoms with Crippen molar-refractivity contribution in [1.82, 2.24) is 20.2 Å². The van der Waals surface area contributed by atoms with Crippen LogP contribution in [-0.4, -0.2) is 46.6 Å². The number of rotatable bonds is 3. The second-order valence-electron chi connectivity index (χ2n) is 7.94. The highest BCUT2D eigenvalue weighted by molar-refractivity contribution is 5.76. The molecule has 2 heterocycles. The molecule has 0 spiro atoms. The lowest BCUT2D eigenvalue weighted by Crippen LogP contribution is -2.57. The molecule has 2 amide bonds. The summed E-state index contributed by atoms with van der Waals surface area (Å²) in [5, 5.41) is 3.03. The van der Waals surface area contributed by atoms with Crippen LogP contribution in [0.1, 0.15) is 43.6 Å². The Hall–Kier alpha value is -2.96. The predicted octanol–water partition coefficient (Wildman–Crippen LogP) is 3.56. The van der Waals surface area contributed by atoms with E-state index in [1.807, 2.05) is 11.8 Å². The molecule has 2 aliphatic rings. The van der Waals surface area contributed by atoms with E-state index in [9.17, 15) is 9.18 Å². The van der Waals surface area contributed by atoms with Crippen LogP contribution in [0.25, 0.3) is 6.08 Å². The molecule has 1 aromatic carbocycles. The van der Waals surface area contributed by atoms with E-state index in [0.717, 1.165) is 35.6 Å². The Morgan fingerprint density at radius 3 is 2.72 bits per heavy atom. The van der Waals surface area contributed by atoms with E-state index < -0.39 is 0 Å². The van der Waals surface area contributed by atoms with E-state index in [1.165, 1.54) is 17.7 Å².